The van der Waals surface area contributed by atoms with Crippen LogP contribution in [0.5, 0.6) is 0 Å². The SMILES string of the molecule is Cc1cc(-c2c3nc(c(-c4cc(C(C)(C)C)cc(C(C)(C)C)c4)c4ccc([n-]4)c(-c4cc(C(C)(C)C)cc(C(C)(C)C)c4)c4nc(c(-c5cc(C(C)(C)C)cc(C(C)(C)C)c5)c5ccc2[n-]5)C=C4)C=C3)cc(C(C)(C)C)c1.[Zn+2]. The molecule has 2 aliphatic rings. The molecule has 0 spiro atoms. The average Bonchev–Trinajstić information content (AvgIpc) is 4.22. The Hall–Kier alpha value is -5.90. The van der Waals surface area contributed by atoms with E-state index in [4.69, 9.17) is 19.9 Å². The van der Waals surface area contributed by atoms with Crippen LogP contribution in [0, 0.1) is 6.92 Å². The maximum Gasteiger partial charge on any atom is 2.00 e. The summed E-state index contributed by atoms with van der Waals surface area (Å²) in [6.45, 7) is 50.7. The molecular weight excluding hydrogens is 998 g/mol. The summed E-state index contributed by atoms with van der Waals surface area (Å²) in [5.41, 5.74) is 24.8. The van der Waals surface area contributed by atoms with E-state index < -0.39 is 0 Å². The Morgan fingerprint density at radius 2 is 0.462 bits per heavy atom. The molecule has 0 atom stereocenters. The van der Waals surface area contributed by atoms with Crippen LogP contribution in [0.3, 0.4) is 0 Å². The van der Waals surface area contributed by atoms with Crippen molar-refractivity contribution in [1.29, 1.82) is 0 Å². The van der Waals surface area contributed by atoms with E-state index in [1.807, 2.05) is 0 Å². The van der Waals surface area contributed by atoms with Crippen molar-refractivity contribution in [3.05, 3.63) is 164 Å². The van der Waals surface area contributed by atoms with Crippen molar-refractivity contribution in [2.45, 2.75) is 190 Å². The number of fused-ring (bicyclic) bond motifs is 8. The maximum atomic E-state index is 5.80. The monoisotopic (exact) mass is 1080 g/mol. The van der Waals surface area contributed by atoms with Gasteiger partial charge in [-0.3, -0.25) is 0 Å². The number of nitrogens with zero attached hydrogens (tertiary/aromatic N) is 4. The number of hydrogen-bond acceptors (Lipinski definition) is 2. The van der Waals surface area contributed by atoms with Gasteiger partial charge >= 0.3 is 19.5 Å². The zero-order valence-electron chi connectivity index (χ0n) is 51.5. The van der Waals surface area contributed by atoms with Gasteiger partial charge in [-0.25, -0.2) is 9.97 Å². The summed E-state index contributed by atoms with van der Waals surface area (Å²) < 4.78 is 0. The van der Waals surface area contributed by atoms with E-state index in [0.717, 1.165) is 89.4 Å². The van der Waals surface area contributed by atoms with E-state index >= 15 is 0 Å². The third kappa shape index (κ3) is 11.8. The van der Waals surface area contributed by atoms with Crippen LogP contribution in [0.15, 0.2) is 97.1 Å². The first kappa shape index (κ1) is 58.3. The van der Waals surface area contributed by atoms with E-state index in [9.17, 15) is 0 Å². The second-order valence-corrected chi connectivity index (χ2v) is 29.6. The number of benzene rings is 4. The average molecular weight is 1080 g/mol. The van der Waals surface area contributed by atoms with Gasteiger partial charge in [-0.05, 0) is 153 Å². The quantitative estimate of drug-likeness (QED) is 0.165. The molecule has 4 nitrogen and oxygen atoms in total. The Balaban J connectivity index is 0.00000803. The van der Waals surface area contributed by atoms with Gasteiger partial charge in [0.25, 0.3) is 0 Å². The second kappa shape index (κ2) is 20.0. The van der Waals surface area contributed by atoms with Crippen molar-refractivity contribution in [3.8, 4) is 44.5 Å². The van der Waals surface area contributed by atoms with Crippen molar-refractivity contribution >= 4 is 46.4 Å². The number of rotatable bonds is 4. The molecule has 0 saturated heterocycles. The third-order valence-electron chi connectivity index (χ3n) is 15.7. The summed E-state index contributed by atoms with van der Waals surface area (Å²) in [5.74, 6) is 0. The van der Waals surface area contributed by atoms with Crippen molar-refractivity contribution < 1.29 is 19.5 Å². The fourth-order valence-electron chi connectivity index (χ4n) is 10.5. The Morgan fingerprint density at radius 3 is 0.667 bits per heavy atom. The van der Waals surface area contributed by atoms with Gasteiger partial charge < -0.3 is 9.97 Å². The Kier molecular flexibility index (Phi) is 15.0. The summed E-state index contributed by atoms with van der Waals surface area (Å²) >= 11 is 0. The van der Waals surface area contributed by atoms with Gasteiger partial charge in [0.15, 0.2) is 0 Å². The minimum Gasteiger partial charge on any atom is -0.657 e. The molecule has 0 N–H and O–H groups in total. The van der Waals surface area contributed by atoms with Crippen LogP contribution in [0.2, 0.25) is 0 Å². The van der Waals surface area contributed by atoms with Crippen LogP contribution in [0.4, 0.5) is 0 Å². The van der Waals surface area contributed by atoms with E-state index in [0.29, 0.717) is 0 Å². The molecule has 3 aromatic heterocycles. The van der Waals surface area contributed by atoms with Gasteiger partial charge in [0, 0.05) is 0 Å². The molecule has 9 rings (SSSR count). The van der Waals surface area contributed by atoms with E-state index in [1.54, 1.807) is 0 Å². The topological polar surface area (TPSA) is 54.0 Å². The normalized spacial score (nSPS) is 13.6. The van der Waals surface area contributed by atoms with Gasteiger partial charge in [-0.15, -0.1) is 22.1 Å². The molecule has 0 radical (unpaired) electrons. The first-order chi connectivity index (χ1) is 35.4. The van der Waals surface area contributed by atoms with Crippen molar-refractivity contribution in [3.63, 3.8) is 0 Å². The molecule has 0 saturated carbocycles. The van der Waals surface area contributed by atoms with Crippen LogP contribution in [0.1, 0.15) is 213 Å². The second-order valence-electron chi connectivity index (χ2n) is 29.6. The molecule has 5 heterocycles. The molecule has 2 aliphatic heterocycles. The minimum absolute atomic E-state index is 0. The summed E-state index contributed by atoms with van der Waals surface area (Å²) in [7, 11) is 0. The smallest absolute Gasteiger partial charge is 0.657 e. The first-order valence-electron chi connectivity index (χ1n) is 28.1. The number of aryl methyl sites for hydroxylation is 1. The van der Waals surface area contributed by atoms with E-state index in [-0.39, 0.29) is 57.4 Å². The predicted octanol–water partition coefficient (Wildman–Crippen LogP) is 20.0. The summed E-state index contributed by atoms with van der Waals surface area (Å²) in [6, 6.07) is 37.3. The first-order valence-corrected chi connectivity index (χ1v) is 28.1. The summed E-state index contributed by atoms with van der Waals surface area (Å²) in [4.78, 5) is 23.1. The van der Waals surface area contributed by atoms with Gasteiger partial charge in [-0.1, -0.05) is 248 Å². The number of hydrogen-bond donors (Lipinski definition) is 0. The van der Waals surface area contributed by atoms with E-state index in [1.165, 1.54) is 44.5 Å². The molecule has 0 aliphatic carbocycles. The molecule has 78 heavy (non-hydrogen) atoms. The molecule has 4 aromatic carbocycles. The van der Waals surface area contributed by atoms with Crippen molar-refractivity contribution in [2.24, 2.45) is 0 Å². The van der Waals surface area contributed by atoms with Gasteiger partial charge in [0.05, 0.1) is 22.8 Å². The molecule has 7 aromatic rings. The number of aromatic nitrogens is 4. The van der Waals surface area contributed by atoms with Gasteiger partial charge in [0.1, 0.15) is 0 Å². The van der Waals surface area contributed by atoms with Gasteiger partial charge in [0.2, 0.25) is 0 Å². The van der Waals surface area contributed by atoms with Crippen LogP contribution in [-0.4, -0.2) is 9.97 Å². The third-order valence-corrected chi connectivity index (χ3v) is 15.7. The Bertz CT molecular complexity index is 3550. The molecule has 400 valence electrons. The molecule has 0 fully saturated rings. The van der Waals surface area contributed by atoms with Gasteiger partial charge in [-0.2, -0.15) is 0 Å². The maximum absolute atomic E-state index is 5.80. The van der Waals surface area contributed by atoms with Crippen molar-refractivity contribution in [2.75, 3.05) is 0 Å². The van der Waals surface area contributed by atoms with Crippen LogP contribution in [0.25, 0.3) is 90.9 Å². The zero-order valence-corrected chi connectivity index (χ0v) is 54.5. The fourth-order valence-corrected chi connectivity index (χ4v) is 10.5. The molecule has 8 bridgehead atoms. The Labute approximate surface area is 482 Å². The minimum atomic E-state index is -0.109. The molecule has 0 unspecified atom stereocenters. The van der Waals surface area contributed by atoms with Crippen molar-refractivity contribution in [1.82, 2.24) is 19.9 Å². The largest absolute Gasteiger partial charge is 2.00 e. The Morgan fingerprint density at radius 1 is 0.269 bits per heavy atom. The van der Waals surface area contributed by atoms with E-state index in [2.05, 4.69) is 274 Å². The summed E-state index contributed by atoms with van der Waals surface area (Å²) in [6.07, 6.45) is 8.85. The molecule has 5 heteroatoms. The summed E-state index contributed by atoms with van der Waals surface area (Å²) in [5, 5.41) is 0. The van der Waals surface area contributed by atoms with Crippen LogP contribution in [-0.2, 0) is 57.4 Å². The van der Waals surface area contributed by atoms with Crippen LogP contribution >= 0.6 is 0 Å². The zero-order chi connectivity index (χ0) is 56.3. The fraction of sp³-hybridized carbons (Fsp3) is 0.397. The van der Waals surface area contributed by atoms with Crippen LogP contribution < -0.4 is 9.97 Å². The molecular formula is C73H86N4Zn. The predicted molar refractivity (Wildman–Crippen MR) is 334 cm³/mol. The standard InChI is InChI=1S/C73H86N4.Zn/c1-43-31-44(33-48(32-43)67(2,3)4)63-55-23-25-57(74-55)64(45-34-49(68(5,6)7)40-50(35-45)69(8,9)10)59-27-29-61(76-59)66(47-38-53(72(17,18)19)42-54(39-47)73(20,21)22)62-30-28-60(77-62)65(58-26-24-56(63)75-58)46-36-51(70(11,12)13)41-52(37-46)71(14,15)16;/h23-42H,1-22H3;/q-2;+2. The molecule has 0 amide bonds.